The molecule has 1 N–H and O–H groups in total. The topological polar surface area (TPSA) is 76.1 Å². The Morgan fingerprint density at radius 3 is 2.55 bits per heavy atom. The number of amides is 1. The van der Waals surface area contributed by atoms with Crippen LogP contribution in [-0.2, 0) is 14.3 Å². The van der Waals surface area contributed by atoms with Gasteiger partial charge in [-0.1, -0.05) is 35.9 Å². The minimum Gasteiger partial charge on any atom is -0.507 e. The number of ether oxygens (including phenoxy) is 2. The minimum atomic E-state index is -0.738. The van der Waals surface area contributed by atoms with Crippen LogP contribution in [0.3, 0.4) is 0 Å². The minimum absolute atomic E-state index is 0.0297. The van der Waals surface area contributed by atoms with Gasteiger partial charge in [0.2, 0.25) is 0 Å². The summed E-state index contributed by atoms with van der Waals surface area (Å²) in [4.78, 5) is 27.0. The lowest BCUT2D eigenvalue weighted by Crippen LogP contribution is -2.32. The number of halogens is 1. The Morgan fingerprint density at radius 2 is 1.90 bits per heavy atom. The summed E-state index contributed by atoms with van der Waals surface area (Å²) in [6, 6.07) is 12.9. The molecule has 0 aromatic heterocycles. The van der Waals surface area contributed by atoms with E-state index in [1.807, 2.05) is 6.92 Å². The molecule has 1 heterocycles. The monoisotopic (exact) mass is 415 g/mol. The number of nitrogens with zero attached hydrogens (tertiary/aromatic N) is 1. The number of aliphatic hydroxyl groups is 1. The third-order valence-electron chi connectivity index (χ3n) is 4.68. The summed E-state index contributed by atoms with van der Waals surface area (Å²) >= 11 is 5.99. The molecule has 2 aromatic carbocycles. The zero-order valence-electron chi connectivity index (χ0n) is 16.2. The molecule has 6 nitrogen and oxygen atoms in total. The SMILES string of the molecule is CCOc1cccc(C(O)=C2C(=O)C(=O)N(CCOC)C2c2ccc(Cl)cc2)c1. The van der Waals surface area contributed by atoms with E-state index in [-0.39, 0.29) is 24.5 Å². The highest BCUT2D eigenvalue weighted by atomic mass is 35.5. The van der Waals surface area contributed by atoms with Crippen LogP contribution < -0.4 is 4.74 Å². The largest absolute Gasteiger partial charge is 0.507 e. The van der Waals surface area contributed by atoms with E-state index < -0.39 is 17.7 Å². The van der Waals surface area contributed by atoms with Gasteiger partial charge in [0, 0.05) is 24.2 Å². The maximum Gasteiger partial charge on any atom is 0.295 e. The van der Waals surface area contributed by atoms with E-state index in [1.54, 1.807) is 48.5 Å². The third-order valence-corrected chi connectivity index (χ3v) is 4.93. The fourth-order valence-corrected chi connectivity index (χ4v) is 3.47. The molecule has 0 saturated carbocycles. The fraction of sp³-hybridized carbons (Fsp3) is 0.273. The van der Waals surface area contributed by atoms with Crippen LogP contribution in [0.25, 0.3) is 5.76 Å². The number of ketones is 1. The maximum absolute atomic E-state index is 12.8. The average Bonchev–Trinajstić information content (AvgIpc) is 2.97. The molecule has 1 aliphatic rings. The number of Topliss-reactive ketones (excluding diaryl/α,β-unsaturated/α-hetero) is 1. The molecule has 1 fully saturated rings. The summed E-state index contributed by atoms with van der Waals surface area (Å²) in [6.45, 7) is 2.80. The first-order valence-electron chi connectivity index (χ1n) is 9.24. The van der Waals surface area contributed by atoms with Gasteiger partial charge in [-0.15, -0.1) is 0 Å². The van der Waals surface area contributed by atoms with Crippen molar-refractivity contribution in [3.63, 3.8) is 0 Å². The second-order valence-electron chi connectivity index (χ2n) is 6.50. The molecular formula is C22H22ClNO5. The van der Waals surface area contributed by atoms with Crippen LogP contribution in [0.2, 0.25) is 5.02 Å². The highest BCUT2D eigenvalue weighted by Gasteiger charge is 2.45. The Morgan fingerprint density at radius 1 is 1.17 bits per heavy atom. The molecule has 3 rings (SSSR count). The lowest BCUT2D eigenvalue weighted by Gasteiger charge is -2.25. The molecule has 1 aliphatic heterocycles. The first-order chi connectivity index (χ1) is 14.0. The lowest BCUT2D eigenvalue weighted by molar-refractivity contribution is -0.140. The van der Waals surface area contributed by atoms with Crippen LogP contribution in [0, 0.1) is 0 Å². The fourth-order valence-electron chi connectivity index (χ4n) is 3.35. The second-order valence-corrected chi connectivity index (χ2v) is 6.93. The molecule has 1 amide bonds. The standard InChI is InChI=1S/C22H22ClNO5/c1-3-29-17-6-4-5-15(13-17)20(25)18-19(14-7-9-16(23)10-8-14)24(11-12-28-2)22(27)21(18)26/h4-10,13,19,25H,3,11-12H2,1-2H3. The normalized spacial score (nSPS) is 18.3. The maximum atomic E-state index is 12.8. The van der Waals surface area contributed by atoms with Gasteiger partial charge in [0.05, 0.1) is 24.8 Å². The smallest absolute Gasteiger partial charge is 0.295 e. The van der Waals surface area contributed by atoms with Crippen LogP contribution in [0.1, 0.15) is 24.1 Å². The van der Waals surface area contributed by atoms with E-state index in [2.05, 4.69) is 0 Å². The van der Waals surface area contributed by atoms with Gasteiger partial charge in [0.15, 0.2) is 0 Å². The van der Waals surface area contributed by atoms with Crippen molar-refractivity contribution in [2.24, 2.45) is 0 Å². The zero-order valence-corrected chi connectivity index (χ0v) is 17.0. The van der Waals surface area contributed by atoms with Crippen molar-refractivity contribution in [3.8, 4) is 5.75 Å². The van der Waals surface area contributed by atoms with Crippen molar-refractivity contribution >= 4 is 29.1 Å². The molecule has 29 heavy (non-hydrogen) atoms. The number of rotatable bonds is 7. The number of benzene rings is 2. The van der Waals surface area contributed by atoms with E-state index in [0.29, 0.717) is 28.5 Å². The highest BCUT2D eigenvalue weighted by molar-refractivity contribution is 6.46. The Bertz CT molecular complexity index is 938. The van der Waals surface area contributed by atoms with Gasteiger partial charge in [-0.2, -0.15) is 0 Å². The van der Waals surface area contributed by atoms with Gasteiger partial charge in [0.25, 0.3) is 11.7 Å². The van der Waals surface area contributed by atoms with Gasteiger partial charge >= 0.3 is 0 Å². The summed E-state index contributed by atoms with van der Waals surface area (Å²) in [7, 11) is 1.52. The van der Waals surface area contributed by atoms with Crippen LogP contribution in [0.4, 0.5) is 0 Å². The molecule has 0 bridgehead atoms. The van der Waals surface area contributed by atoms with Crippen LogP contribution in [0.5, 0.6) is 5.75 Å². The Labute approximate surface area is 174 Å². The predicted molar refractivity (Wildman–Crippen MR) is 110 cm³/mol. The van der Waals surface area contributed by atoms with Crippen molar-refractivity contribution < 1.29 is 24.2 Å². The Hall–Kier alpha value is -2.83. The van der Waals surface area contributed by atoms with Gasteiger partial charge < -0.3 is 19.5 Å². The predicted octanol–water partition coefficient (Wildman–Crippen LogP) is 3.81. The van der Waals surface area contributed by atoms with Crippen molar-refractivity contribution in [2.45, 2.75) is 13.0 Å². The van der Waals surface area contributed by atoms with Gasteiger partial charge in [-0.25, -0.2) is 0 Å². The number of methoxy groups -OCH3 is 1. The summed E-state index contributed by atoms with van der Waals surface area (Å²) < 4.78 is 10.6. The first-order valence-corrected chi connectivity index (χ1v) is 9.61. The molecule has 1 saturated heterocycles. The molecule has 1 atom stereocenters. The van der Waals surface area contributed by atoms with Crippen molar-refractivity contribution in [2.75, 3.05) is 26.9 Å². The summed E-state index contributed by atoms with van der Waals surface area (Å²) in [5.74, 6) is -1.09. The molecule has 0 spiro atoms. The number of aliphatic hydroxyl groups excluding tert-OH is 1. The molecule has 1 unspecified atom stereocenters. The Balaban J connectivity index is 2.13. The Kier molecular flexibility index (Phi) is 6.56. The number of hydrogen-bond donors (Lipinski definition) is 1. The highest BCUT2D eigenvalue weighted by Crippen LogP contribution is 2.39. The number of carbonyl (C=O) groups excluding carboxylic acids is 2. The zero-order chi connectivity index (χ0) is 21.0. The molecule has 2 aromatic rings. The summed E-state index contributed by atoms with van der Waals surface area (Å²) in [5, 5.41) is 11.5. The molecule has 0 aliphatic carbocycles. The molecular weight excluding hydrogens is 394 g/mol. The lowest BCUT2D eigenvalue weighted by atomic mass is 9.95. The van der Waals surface area contributed by atoms with E-state index in [0.717, 1.165) is 0 Å². The molecule has 0 radical (unpaired) electrons. The summed E-state index contributed by atoms with van der Waals surface area (Å²) in [6.07, 6.45) is 0. The van der Waals surface area contributed by atoms with Gasteiger partial charge in [-0.3, -0.25) is 9.59 Å². The molecule has 152 valence electrons. The van der Waals surface area contributed by atoms with Gasteiger partial charge in [-0.05, 0) is 36.8 Å². The quantitative estimate of drug-likeness (QED) is 0.423. The second kappa shape index (κ2) is 9.11. The molecule has 7 heteroatoms. The van der Waals surface area contributed by atoms with E-state index in [4.69, 9.17) is 21.1 Å². The average molecular weight is 416 g/mol. The van der Waals surface area contributed by atoms with Crippen molar-refractivity contribution in [3.05, 3.63) is 70.3 Å². The first kappa shape index (κ1) is 20.9. The number of hydrogen-bond acceptors (Lipinski definition) is 5. The van der Waals surface area contributed by atoms with E-state index >= 15 is 0 Å². The summed E-state index contributed by atoms with van der Waals surface area (Å²) in [5.41, 5.74) is 1.11. The van der Waals surface area contributed by atoms with Crippen LogP contribution in [-0.4, -0.2) is 48.6 Å². The third kappa shape index (κ3) is 4.28. The van der Waals surface area contributed by atoms with Crippen LogP contribution in [0.15, 0.2) is 54.1 Å². The van der Waals surface area contributed by atoms with Gasteiger partial charge in [0.1, 0.15) is 11.5 Å². The van der Waals surface area contributed by atoms with Crippen LogP contribution >= 0.6 is 11.6 Å². The van der Waals surface area contributed by atoms with Crippen molar-refractivity contribution in [1.82, 2.24) is 4.90 Å². The number of likely N-dealkylation sites (tertiary alicyclic amines) is 1. The number of carbonyl (C=O) groups is 2. The van der Waals surface area contributed by atoms with E-state index in [1.165, 1.54) is 12.0 Å². The van der Waals surface area contributed by atoms with E-state index in [9.17, 15) is 14.7 Å². The van der Waals surface area contributed by atoms with Crippen molar-refractivity contribution in [1.29, 1.82) is 0 Å².